The lowest BCUT2D eigenvalue weighted by atomic mass is 10.1. The Morgan fingerprint density at radius 2 is 2.24 bits per heavy atom. The molecule has 2 aromatic rings. The number of esters is 1. The van der Waals surface area contributed by atoms with Crippen LogP contribution in [0.15, 0.2) is 18.3 Å². The molecule has 0 saturated carbocycles. The Bertz CT molecular complexity index is 617. The second kappa shape index (κ2) is 3.85. The first-order chi connectivity index (χ1) is 8.04. The quantitative estimate of drug-likeness (QED) is 0.444. The molecule has 0 saturated heterocycles. The van der Waals surface area contributed by atoms with Crippen molar-refractivity contribution in [1.82, 2.24) is 9.78 Å². The molecule has 7 nitrogen and oxygen atoms in total. The van der Waals surface area contributed by atoms with Crippen LogP contribution in [-0.2, 0) is 11.8 Å². The van der Waals surface area contributed by atoms with Crippen molar-refractivity contribution in [3.05, 3.63) is 34.0 Å². The van der Waals surface area contributed by atoms with Gasteiger partial charge in [0.25, 0.3) is 5.69 Å². The zero-order valence-corrected chi connectivity index (χ0v) is 9.21. The summed E-state index contributed by atoms with van der Waals surface area (Å²) in [5, 5.41) is 15.4. The highest BCUT2D eigenvalue weighted by Gasteiger charge is 2.22. The van der Waals surface area contributed by atoms with Gasteiger partial charge >= 0.3 is 5.97 Å². The van der Waals surface area contributed by atoms with E-state index in [-0.39, 0.29) is 11.3 Å². The van der Waals surface area contributed by atoms with Gasteiger partial charge in [0.2, 0.25) is 0 Å². The molecule has 0 aliphatic carbocycles. The van der Waals surface area contributed by atoms with E-state index in [0.717, 1.165) is 0 Å². The molecule has 0 spiro atoms. The van der Waals surface area contributed by atoms with Crippen molar-refractivity contribution in [2.45, 2.75) is 0 Å². The summed E-state index contributed by atoms with van der Waals surface area (Å²) in [5.41, 5.74) is 0.280. The third kappa shape index (κ3) is 1.71. The number of carbonyl (C=O) groups is 1. The van der Waals surface area contributed by atoms with Crippen LogP contribution in [0.4, 0.5) is 5.69 Å². The lowest BCUT2D eigenvalue weighted by Crippen LogP contribution is -2.06. The van der Waals surface area contributed by atoms with E-state index in [9.17, 15) is 14.9 Å². The molecule has 0 atom stereocenters. The number of rotatable bonds is 2. The molecule has 2 rings (SSSR count). The normalized spacial score (nSPS) is 10.5. The molecule has 1 aromatic carbocycles. The fourth-order valence-corrected chi connectivity index (χ4v) is 1.61. The minimum absolute atomic E-state index is 0.0754. The average molecular weight is 235 g/mol. The Labute approximate surface area is 95.7 Å². The van der Waals surface area contributed by atoms with Gasteiger partial charge in [0.15, 0.2) is 0 Å². The van der Waals surface area contributed by atoms with Gasteiger partial charge in [-0.3, -0.25) is 14.8 Å². The van der Waals surface area contributed by atoms with Crippen molar-refractivity contribution >= 4 is 22.6 Å². The van der Waals surface area contributed by atoms with Crippen LogP contribution in [0.3, 0.4) is 0 Å². The van der Waals surface area contributed by atoms with Crippen molar-refractivity contribution in [2.75, 3.05) is 7.11 Å². The second-order valence-electron chi connectivity index (χ2n) is 3.45. The maximum absolute atomic E-state index is 11.5. The Kier molecular flexibility index (Phi) is 2.51. The first-order valence-corrected chi connectivity index (χ1v) is 4.73. The molecule has 0 unspecified atom stereocenters. The van der Waals surface area contributed by atoms with Crippen molar-refractivity contribution in [3.63, 3.8) is 0 Å². The minimum Gasteiger partial charge on any atom is -0.465 e. The number of hydrogen-bond acceptors (Lipinski definition) is 5. The summed E-state index contributed by atoms with van der Waals surface area (Å²) in [5.74, 6) is -0.736. The second-order valence-corrected chi connectivity index (χ2v) is 3.45. The number of fused-ring (bicyclic) bond motifs is 1. The van der Waals surface area contributed by atoms with Gasteiger partial charge in [-0.05, 0) is 6.07 Å². The van der Waals surface area contributed by atoms with E-state index in [0.29, 0.717) is 10.9 Å². The predicted octanol–water partition coefficient (Wildman–Crippen LogP) is 1.27. The smallest absolute Gasteiger partial charge is 0.344 e. The molecule has 0 fully saturated rings. The zero-order chi connectivity index (χ0) is 12.6. The number of benzene rings is 1. The summed E-state index contributed by atoms with van der Waals surface area (Å²) in [7, 11) is 2.87. The number of carbonyl (C=O) groups excluding carboxylic acids is 1. The van der Waals surface area contributed by atoms with E-state index in [1.165, 1.54) is 30.1 Å². The van der Waals surface area contributed by atoms with Crippen LogP contribution in [-0.4, -0.2) is 27.8 Å². The summed E-state index contributed by atoms with van der Waals surface area (Å²) in [6.07, 6.45) is 1.50. The van der Waals surface area contributed by atoms with Crippen molar-refractivity contribution in [1.29, 1.82) is 0 Å². The number of nitro groups is 1. The van der Waals surface area contributed by atoms with Crippen molar-refractivity contribution < 1.29 is 14.5 Å². The van der Waals surface area contributed by atoms with Crippen molar-refractivity contribution in [2.24, 2.45) is 7.05 Å². The molecule has 88 valence electrons. The molecule has 1 aromatic heterocycles. The highest BCUT2D eigenvalue weighted by atomic mass is 16.6. The molecular formula is C10H9N3O4. The first kappa shape index (κ1) is 11.1. The molecule has 0 bridgehead atoms. The molecule has 0 N–H and O–H groups in total. The van der Waals surface area contributed by atoms with Crippen LogP contribution in [0, 0.1) is 10.1 Å². The number of methoxy groups -OCH3 is 1. The standard InChI is InChI=1S/C10H9N3O4/c1-12-8-4-7(10(14)17-2)9(13(15)16)3-6(8)5-11-12/h3-5H,1-2H3. The first-order valence-electron chi connectivity index (χ1n) is 4.73. The van der Waals surface area contributed by atoms with Crippen LogP contribution in [0.25, 0.3) is 10.9 Å². The lowest BCUT2D eigenvalue weighted by molar-refractivity contribution is -0.385. The zero-order valence-electron chi connectivity index (χ0n) is 9.21. The van der Waals surface area contributed by atoms with Crippen LogP contribution < -0.4 is 0 Å². The third-order valence-electron chi connectivity index (χ3n) is 2.47. The van der Waals surface area contributed by atoms with Crippen LogP contribution in [0.5, 0.6) is 0 Å². The predicted molar refractivity (Wildman–Crippen MR) is 58.7 cm³/mol. The monoisotopic (exact) mass is 235 g/mol. The average Bonchev–Trinajstić information content (AvgIpc) is 2.68. The van der Waals surface area contributed by atoms with Gasteiger partial charge in [-0.1, -0.05) is 0 Å². The molecule has 0 aliphatic rings. The topological polar surface area (TPSA) is 87.3 Å². The fraction of sp³-hybridized carbons (Fsp3) is 0.200. The van der Waals surface area contributed by atoms with E-state index < -0.39 is 10.9 Å². The van der Waals surface area contributed by atoms with Crippen molar-refractivity contribution in [3.8, 4) is 0 Å². The van der Waals surface area contributed by atoms with Crippen LogP contribution in [0.1, 0.15) is 10.4 Å². The van der Waals surface area contributed by atoms with E-state index in [4.69, 9.17) is 0 Å². The molecule has 7 heteroatoms. The fourth-order valence-electron chi connectivity index (χ4n) is 1.61. The van der Waals surface area contributed by atoms with Crippen LogP contribution in [0.2, 0.25) is 0 Å². The Hall–Kier alpha value is -2.44. The summed E-state index contributed by atoms with van der Waals surface area (Å²) >= 11 is 0. The summed E-state index contributed by atoms with van der Waals surface area (Å²) in [6.45, 7) is 0. The van der Waals surface area contributed by atoms with E-state index in [1.807, 2.05) is 0 Å². The van der Waals surface area contributed by atoms with Gasteiger partial charge in [0.05, 0.1) is 23.7 Å². The van der Waals surface area contributed by atoms with Crippen LogP contribution >= 0.6 is 0 Å². The Morgan fingerprint density at radius 3 is 2.82 bits per heavy atom. The number of hydrogen-bond donors (Lipinski definition) is 0. The maximum Gasteiger partial charge on any atom is 0.344 e. The highest BCUT2D eigenvalue weighted by Crippen LogP contribution is 2.26. The van der Waals surface area contributed by atoms with Gasteiger partial charge in [0.1, 0.15) is 5.56 Å². The molecule has 0 amide bonds. The molecule has 1 heterocycles. The van der Waals surface area contributed by atoms with Gasteiger partial charge < -0.3 is 4.74 Å². The maximum atomic E-state index is 11.5. The molecule has 17 heavy (non-hydrogen) atoms. The molecule has 0 radical (unpaired) electrons. The van der Waals surface area contributed by atoms with Gasteiger partial charge in [-0.25, -0.2) is 4.79 Å². The number of aromatic nitrogens is 2. The van der Waals surface area contributed by atoms with E-state index in [1.54, 1.807) is 7.05 Å². The number of nitrogens with zero attached hydrogens (tertiary/aromatic N) is 3. The Morgan fingerprint density at radius 1 is 1.53 bits per heavy atom. The van der Waals surface area contributed by atoms with Gasteiger partial charge in [0, 0.05) is 18.5 Å². The molecule has 0 aliphatic heterocycles. The molecular weight excluding hydrogens is 226 g/mol. The van der Waals surface area contributed by atoms with E-state index >= 15 is 0 Å². The number of aryl methyl sites for hydroxylation is 1. The van der Waals surface area contributed by atoms with Gasteiger partial charge in [-0.2, -0.15) is 5.10 Å². The highest BCUT2D eigenvalue weighted by molar-refractivity contribution is 5.99. The third-order valence-corrected chi connectivity index (χ3v) is 2.47. The van der Waals surface area contributed by atoms with E-state index in [2.05, 4.69) is 9.84 Å². The number of ether oxygens (including phenoxy) is 1. The summed E-state index contributed by atoms with van der Waals surface area (Å²) in [6, 6.07) is 2.72. The summed E-state index contributed by atoms with van der Waals surface area (Å²) in [4.78, 5) is 21.7. The number of nitro benzene ring substituents is 1. The lowest BCUT2D eigenvalue weighted by Gasteiger charge is -2.02. The summed E-state index contributed by atoms with van der Waals surface area (Å²) < 4.78 is 6.05. The minimum atomic E-state index is -0.736. The SMILES string of the molecule is COC(=O)c1cc2c(cnn2C)cc1[N+](=O)[O-]. The Balaban J connectivity index is 2.77. The largest absolute Gasteiger partial charge is 0.465 e. The van der Waals surface area contributed by atoms with Gasteiger partial charge in [-0.15, -0.1) is 0 Å².